The van der Waals surface area contributed by atoms with Crippen molar-refractivity contribution in [3.63, 3.8) is 0 Å². The quantitative estimate of drug-likeness (QED) is 0.698. The van der Waals surface area contributed by atoms with Crippen LogP contribution in [0.4, 0.5) is 0 Å². The van der Waals surface area contributed by atoms with Gasteiger partial charge in [0.2, 0.25) is 0 Å². The molecule has 0 amide bonds. The molecule has 116 valence electrons. The van der Waals surface area contributed by atoms with Gasteiger partial charge < -0.3 is 10.6 Å². The Morgan fingerprint density at radius 2 is 2.05 bits per heavy atom. The lowest BCUT2D eigenvalue weighted by molar-refractivity contribution is 0.277. The van der Waals surface area contributed by atoms with Crippen LogP contribution in [-0.4, -0.2) is 28.9 Å². The Hall–Kier alpha value is -1.88. The first-order valence-electron chi connectivity index (χ1n) is 7.77. The fourth-order valence-corrected chi connectivity index (χ4v) is 3.41. The van der Waals surface area contributed by atoms with Gasteiger partial charge in [-0.1, -0.05) is 37.3 Å². The highest BCUT2D eigenvalue weighted by molar-refractivity contribution is 7.13. The van der Waals surface area contributed by atoms with Crippen molar-refractivity contribution in [2.24, 2.45) is 16.6 Å². The number of aliphatic imine (C=N–C) groups is 1. The first-order chi connectivity index (χ1) is 10.7. The van der Waals surface area contributed by atoms with Crippen LogP contribution in [0.3, 0.4) is 0 Å². The highest BCUT2D eigenvalue weighted by atomic mass is 32.1. The molecule has 5 heteroatoms. The van der Waals surface area contributed by atoms with Crippen LogP contribution < -0.4 is 5.73 Å². The molecule has 2 heterocycles. The van der Waals surface area contributed by atoms with E-state index in [9.17, 15) is 0 Å². The highest BCUT2D eigenvalue weighted by Gasteiger charge is 2.16. The SMILES string of the molecule is CC1CCN(C(N)=NCc2csc(-c3ccccc3)n2)CC1. The van der Waals surface area contributed by atoms with Crippen LogP contribution in [0.25, 0.3) is 10.6 Å². The fraction of sp³-hybridized carbons (Fsp3) is 0.412. The third-order valence-corrected chi connectivity index (χ3v) is 5.02. The second-order valence-corrected chi connectivity index (χ2v) is 6.71. The van der Waals surface area contributed by atoms with E-state index in [0.29, 0.717) is 12.5 Å². The summed E-state index contributed by atoms with van der Waals surface area (Å²) in [5.74, 6) is 1.46. The van der Waals surface area contributed by atoms with Crippen LogP contribution in [0.5, 0.6) is 0 Å². The van der Waals surface area contributed by atoms with Crippen LogP contribution in [0.2, 0.25) is 0 Å². The van der Waals surface area contributed by atoms with Crippen molar-refractivity contribution in [1.29, 1.82) is 0 Å². The van der Waals surface area contributed by atoms with Gasteiger partial charge in [-0.15, -0.1) is 11.3 Å². The molecule has 1 aliphatic rings. The van der Waals surface area contributed by atoms with Crippen LogP contribution in [0, 0.1) is 5.92 Å². The summed E-state index contributed by atoms with van der Waals surface area (Å²) in [5, 5.41) is 3.10. The van der Waals surface area contributed by atoms with Crippen molar-refractivity contribution in [1.82, 2.24) is 9.88 Å². The Labute approximate surface area is 135 Å². The number of likely N-dealkylation sites (tertiary alicyclic amines) is 1. The Morgan fingerprint density at radius 1 is 1.32 bits per heavy atom. The normalized spacial score (nSPS) is 17.0. The van der Waals surface area contributed by atoms with Gasteiger partial charge in [0, 0.05) is 24.0 Å². The zero-order chi connectivity index (χ0) is 15.4. The molecule has 0 spiro atoms. The minimum Gasteiger partial charge on any atom is -0.370 e. The summed E-state index contributed by atoms with van der Waals surface area (Å²) in [7, 11) is 0. The van der Waals surface area contributed by atoms with Crippen molar-refractivity contribution >= 4 is 17.3 Å². The molecule has 1 aromatic carbocycles. The van der Waals surface area contributed by atoms with Crippen LogP contribution >= 0.6 is 11.3 Å². The van der Waals surface area contributed by atoms with E-state index >= 15 is 0 Å². The van der Waals surface area contributed by atoms with E-state index in [4.69, 9.17) is 5.73 Å². The Bertz CT molecular complexity index is 627. The summed E-state index contributed by atoms with van der Waals surface area (Å²) in [5.41, 5.74) is 8.25. The Morgan fingerprint density at radius 3 is 2.77 bits per heavy atom. The molecule has 0 radical (unpaired) electrons. The molecule has 1 fully saturated rings. The Balaban J connectivity index is 1.62. The van der Waals surface area contributed by atoms with Crippen molar-refractivity contribution in [3.8, 4) is 10.6 Å². The Kier molecular flexibility index (Phi) is 4.73. The zero-order valence-electron chi connectivity index (χ0n) is 12.9. The molecular weight excluding hydrogens is 292 g/mol. The average molecular weight is 314 g/mol. The summed E-state index contributed by atoms with van der Waals surface area (Å²) in [4.78, 5) is 11.3. The van der Waals surface area contributed by atoms with E-state index in [1.807, 2.05) is 18.2 Å². The first kappa shape index (κ1) is 15.0. The van der Waals surface area contributed by atoms with Crippen molar-refractivity contribution in [2.45, 2.75) is 26.3 Å². The van der Waals surface area contributed by atoms with E-state index in [2.05, 4.69) is 39.3 Å². The number of benzene rings is 1. The van der Waals surface area contributed by atoms with E-state index in [-0.39, 0.29) is 0 Å². The number of aromatic nitrogens is 1. The minimum absolute atomic E-state index is 0.557. The number of guanidine groups is 1. The second-order valence-electron chi connectivity index (χ2n) is 5.85. The molecule has 1 aliphatic heterocycles. The van der Waals surface area contributed by atoms with E-state index in [0.717, 1.165) is 35.3 Å². The van der Waals surface area contributed by atoms with Gasteiger partial charge in [0.15, 0.2) is 5.96 Å². The molecule has 2 N–H and O–H groups in total. The maximum atomic E-state index is 6.11. The summed E-state index contributed by atoms with van der Waals surface area (Å²) in [6.07, 6.45) is 2.40. The molecular formula is C17H22N4S. The third kappa shape index (κ3) is 3.65. The predicted octanol–water partition coefficient (Wildman–Crippen LogP) is 3.36. The topological polar surface area (TPSA) is 54.5 Å². The van der Waals surface area contributed by atoms with Crippen LogP contribution in [0.1, 0.15) is 25.5 Å². The standard InChI is InChI=1S/C17H22N4S/c1-13-7-9-21(10-8-13)17(18)19-11-15-12-22-16(20-15)14-5-3-2-4-6-14/h2-6,12-13H,7-11H2,1H3,(H2,18,19). The second kappa shape index (κ2) is 6.92. The van der Waals surface area contributed by atoms with E-state index in [1.54, 1.807) is 11.3 Å². The molecule has 1 aromatic heterocycles. The fourth-order valence-electron chi connectivity index (χ4n) is 2.59. The molecule has 4 nitrogen and oxygen atoms in total. The third-order valence-electron chi connectivity index (χ3n) is 4.08. The molecule has 0 bridgehead atoms. The highest BCUT2D eigenvalue weighted by Crippen LogP contribution is 2.23. The molecule has 22 heavy (non-hydrogen) atoms. The maximum absolute atomic E-state index is 6.11. The largest absolute Gasteiger partial charge is 0.370 e. The summed E-state index contributed by atoms with van der Waals surface area (Å²) < 4.78 is 0. The molecule has 0 unspecified atom stereocenters. The molecule has 2 aromatic rings. The lowest BCUT2D eigenvalue weighted by Gasteiger charge is -2.30. The number of piperidine rings is 1. The van der Waals surface area contributed by atoms with Gasteiger partial charge in [-0.05, 0) is 18.8 Å². The number of nitrogens with two attached hydrogens (primary N) is 1. The van der Waals surface area contributed by atoms with E-state index in [1.165, 1.54) is 12.8 Å². The van der Waals surface area contributed by atoms with Gasteiger partial charge in [-0.2, -0.15) is 0 Å². The maximum Gasteiger partial charge on any atom is 0.191 e. The molecule has 3 rings (SSSR count). The number of nitrogens with zero attached hydrogens (tertiary/aromatic N) is 3. The van der Waals surface area contributed by atoms with Gasteiger partial charge in [0.25, 0.3) is 0 Å². The monoisotopic (exact) mass is 314 g/mol. The van der Waals surface area contributed by atoms with Crippen molar-refractivity contribution in [3.05, 3.63) is 41.4 Å². The van der Waals surface area contributed by atoms with Crippen molar-refractivity contribution in [2.75, 3.05) is 13.1 Å². The van der Waals surface area contributed by atoms with Gasteiger partial charge in [-0.3, -0.25) is 0 Å². The zero-order valence-corrected chi connectivity index (χ0v) is 13.7. The smallest absolute Gasteiger partial charge is 0.191 e. The van der Waals surface area contributed by atoms with Gasteiger partial charge >= 0.3 is 0 Å². The van der Waals surface area contributed by atoms with Crippen LogP contribution in [0.15, 0.2) is 40.7 Å². The summed E-state index contributed by atoms with van der Waals surface area (Å²) in [6.45, 7) is 4.89. The predicted molar refractivity (Wildman–Crippen MR) is 92.8 cm³/mol. The van der Waals surface area contributed by atoms with Gasteiger partial charge in [0.1, 0.15) is 5.01 Å². The molecule has 0 aliphatic carbocycles. The van der Waals surface area contributed by atoms with Gasteiger partial charge in [-0.25, -0.2) is 9.98 Å². The number of thiazole rings is 1. The van der Waals surface area contributed by atoms with E-state index < -0.39 is 0 Å². The summed E-state index contributed by atoms with van der Waals surface area (Å²) >= 11 is 1.66. The number of hydrogen-bond acceptors (Lipinski definition) is 3. The van der Waals surface area contributed by atoms with Crippen LogP contribution in [-0.2, 0) is 6.54 Å². The first-order valence-corrected chi connectivity index (χ1v) is 8.65. The molecule has 0 saturated carbocycles. The lowest BCUT2D eigenvalue weighted by Crippen LogP contribution is -2.42. The van der Waals surface area contributed by atoms with Crippen molar-refractivity contribution < 1.29 is 0 Å². The molecule has 0 atom stereocenters. The lowest BCUT2D eigenvalue weighted by atomic mass is 10.00. The molecule has 1 saturated heterocycles. The van der Waals surface area contributed by atoms with Gasteiger partial charge in [0.05, 0.1) is 12.2 Å². The number of hydrogen-bond donors (Lipinski definition) is 1. The number of rotatable bonds is 3. The summed E-state index contributed by atoms with van der Waals surface area (Å²) in [6, 6.07) is 10.2. The minimum atomic E-state index is 0.557. The average Bonchev–Trinajstić information content (AvgIpc) is 3.03.